The minimum atomic E-state index is -0.169. The SMILES string of the molecule is CC1=NC(C)(C)C(C)(C)N1c1ccc(-c2cc(-c3ccccc3)cc(-c3ccc(N4C(C)=NC(C)(C)C4(C)C)cc3)n2)cc1. The van der Waals surface area contributed by atoms with E-state index in [9.17, 15) is 0 Å². The zero-order valence-electron chi connectivity index (χ0n) is 27.9. The molecule has 226 valence electrons. The Hall–Kier alpha value is -4.25. The van der Waals surface area contributed by atoms with Gasteiger partial charge in [0.05, 0.1) is 33.5 Å². The van der Waals surface area contributed by atoms with Crippen molar-refractivity contribution in [3.63, 3.8) is 0 Å². The number of hydrogen-bond donors (Lipinski definition) is 0. The van der Waals surface area contributed by atoms with Gasteiger partial charge in [0, 0.05) is 22.5 Å². The summed E-state index contributed by atoms with van der Waals surface area (Å²) in [5.74, 6) is 2.09. The van der Waals surface area contributed by atoms with Crippen molar-refractivity contribution >= 4 is 23.0 Å². The van der Waals surface area contributed by atoms with E-state index in [0.29, 0.717) is 0 Å². The van der Waals surface area contributed by atoms with Crippen LogP contribution in [-0.2, 0) is 0 Å². The first kappa shape index (κ1) is 29.8. The zero-order valence-corrected chi connectivity index (χ0v) is 27.9. The normalized spacial score (nSPS) is 19.6. The fraction of sp³-hybridized carbons (Fsp3) is 0.359. The van der Waals surface area contributed by atoms with E-state index in [1.807, 2.05) is 0 Å². The van der Waals surface area contributed by atoms with Crippen molar-refractivity contribution in [2.75, 3.05) is 9.80 Å². The van der Waals surface area contributed by atoms with Crippen LogP contribution >= 0.6 is 0 Å². The molecule has 0 unspecified atom stereocenters. The van der Waals surface area contributed by atoms with Gasteiger partial charge >= 0.3 is 0 Å². The molecule has 0 aliphatic carbocycles. The first-order valence-electron chi connectivity index (χ1n) is 15.6. The highest BCUT2D eigenvalue weighted by molar-refractivity contribution is 6.01. The van der Waals surface area contributed by atoms with Gasteiger partial charge < -0.3 is 9.80 Å². The fourth-order valence-corrected chi connectivity index (χ4v) is 6.74. The van der Waals surface area contributed by atoms with Crippen molar-refractivity contribution in [1.82, 2.24) is 4.98 Å². The van der Waals surface area contributed by atoms with Crippen molar-refractivity contribution in [3.05, 3.63) is 91.0 Å². The Balaban J connectivity index is 1.38. The molecule has 0 radical (unpaired) electrons. The van der Waals surface area contributed by atoms with Gasteiger partial charge in [0.25, 0.3) is 0 Å². The first-order valence-corrected chi connectivity index (χ1v) is 15.6. The largest absolute Gasteiger partial charge is 0.322 e. The summed E-state index contributed by atoms with van der Waals surface area (Å²) < 4.78 is 0. The molecular formula is C39H45N5. The van der Waals surface area contributed by atoms with Gasteiger partial charge in [-0.15, -0.1) is 0 Å². The summed E-state index contributed by atoms with van der Waals surface area (Å²) in [4.78, 5) is 19.9. The standard InChI is InChI=1S/C39H45N5/c1-26-41-36(3,4)38(7,8)43(26)32-20-16-29(17-21-32)34-24-31(28-14-12-11-13-15-28)25-35(40-34)30-18-22-33(23-19-30)44-27(2)42-37(5,6)39(44,9)10/h11-25H,1-10H3. The van der Waals surface area contributed by atoms with Gasteiger partial charge in [0.2, 0.25) is 0 Å². The van der Waals surface area contributed by atoms with E-state index in [0.717, 1.165) is 51.1 Å². The summed E-state index contributed by atoms with van der Waals surface area (Å²) >= 11 is 0. The first-order chi connectivity index (χ1) is 20.6. The number of anilines is 2. The molecule has 0 saturated carbocycles. The maximum absolute atomic E-state index is 5.21. The minimum Gasteiger partial charge on any atom is -0.322 e. The molecular weight excluding hydrogens is 538 g/mol. The third-order valence-electron chi connectivity index (χ3n) is 10.4. The zero-order chi connectivity index (χ0) is 31.7. The van der Waals surface area contributed by atoms with E-state index in [2.05, 4.69) is 170 Å². The van der Waals surface area contributed by atoms with Crippen LogP contribution in [-0.4, -0.2) is 38.8 Å². The number of rotatable bonds is 5. The Kier molecular flexibility index (Phi) is 6.88. The van der Waals surface area contributed by atoms with Crippen LogP contribution in [0.15, 0.2) is 101 Å². The third kappa shape index (κ3) is 4.74. The smallest absolute Gasteiger partial charge is 0.102 e. The predicted molar refractivity (Wildman–Crippen MR) is 188 cm³/mol. The van der Waals surface area contributed by atoms with Crippen LogP contribution in [0.1, 0.15) is 69.2 Å². The second kappa shape index (κ2) is 10.2. The van der Waals surface area contributed by atoms with Gasteiger partial charge in [-0.1, -0.05) is 54.6 Å². The minimum absolute atomic E-state index is 0.131. The molecule has 0 amide bonds. The van der Waals surface area contributed by atoms with Crippen molar-refractivity contribution in [3.8, 4) is 33.6 Å². The lowest BCUT2D eigenvalue weighted by molar-refractivity contribution is 0.338. The van der Waals surface area contributed by atoms with Crippen LogP contribution in [0.4, 0.5) is 11.4 Å². The van der Waals surface area contributed by atoms with E-state index in [-0.39, 0.29) is 22.2 Å². The Morgan fingerprint density at radius 2 is 0.841 bits per heavy atom. The van der Waals surface area contributed by atoms with E-state index in [1.165, 1.54) is 5.56 Å². The molecule has 5 heteroatoms. The van der Waals surface area contributed by atoms with Crippen LogP contribution in [0.25, 0.3) is 33.6 Å². The van der Waals surface area contributed by atoms with Crippen molar-refractivity contribution in [2.24, 2.45) is 9.98 Å². The maximum atomic E-state index is 5.21. The lowest BCUT2D eigenvalue weighted by Crippen LogP contribution is -2.52. The Labute approximate surface area is 263 Å². The van der Waals surface area contributed by atoms with E-state index in [1.54, 1.807) is 0 Å². The van der Waals surface area contributed by atoms with Crippen LogP contribution in [0, 0.1) is 0 Å². The Morgan fingerprint density at radius 3 is 1.18 bits per heavy atom. The molecule has 6 rings (SSSR count). The second-order valence-electron chi connectivity index (χ2n) is 14.3. The summed E-state index contributed by atoms with van der Waals surface area (Å²) in [6, 6.07) is 32.5. The van der Waals surface area contributed by atoms with Gasteiger partial charge in [-0.3, -0.25) is 9.98 Å². The molecule has 0 spiro atoms. The molecule has 2 aliphatic heterocycles. The Bertz CT molecular complexity index is 1650. The molecule has 3 heterocycles. The summed E-state index contributed by atoms with van der Waals surface area (Å²) in [7, 11) is 0. The lowest BCUT2D eigenvalue weighted by atomic mass is 9.83. The molecule has 4 aromatic rings. The topological polar surface area (TPSA) is 44.1 Å². The molecule has 0 fully saturated rings. The molecule has 44 heavy (non-hydrogen) atoms. The van der Waals surface area contributed by atoms with E-state index < -0.39 is 0 Å². The average Bonchev–Trinajstić information content (AvgIpc) is 3.25. The number of hydrogen-bond acceptors (Lipinski definition) is 5. The molecule has 0 N–H and O–H groups in total. The second-order valence-corrected chi connectivity index (χ2v) is 14.3. The van der Waals surface area contributed by atoms with Crippen molar-refractivity contribution in [1.29, 1.82) is 0 Å². The summed E-state index contributed by atoms with van der Waals surface area (Å²) in [6.07, 6.45) is 0. The average molecular weight is 584 g/mol. The highest BCUT2D eigenvalue weighted by Gasteiger charge is 2.49. The molecule has 0 bridgehead atoms. The number of amidine groups is 2. The van der Waals surface area contributed by atoms with Gasteiger partial charge in [-0.2, -0.15) is 0 Å². The number of aromatic nitrogens is 1. The predicted octanol–water partition coefficient (Wildman–Crippen LogP) is 9.67. The number of benzene rings is 3. The summed E-state index contributed by atoms with van der Waals surface area (Å²) in [6.45, 7) is 22.1. The number of pyridine rings is 1. The van der Waals surface area contributed by atoms with Crippen molar-refractivity contribution < 1.29 is 0 Å². The molecule has 0 saturated heterocycles. The number of nitrogens with zero attached hydrogens (tertiary/aromatic N) is 5. The molecule has 1 aromatic heterocycles. The van der Waals surface area contributed by atoms with Crippen LogP contribution in [0.3, 0.4) is 0 Å². The van der Waals surface area contributed by atoms with Gasteiger partial charge in [0.15, 0.2) is 0 Å². The highest BCUT2D eigenvalue weighted by atomic mass is 15.3. The highest BCUT2D eigenvalue weighted by Crippen LogP contribution is 2.43. The number of aliphatic imine (C=N–C) groups is 2. The fourth-order valence-electron chi connectivity index (χ4n) is 6.74. The van der Waals surface area contributed by atoms with Gasteiger partial charge in [-0.05, 0) is 117 Å². The molecule has 2 aliphatic rings. The molecule has 3 aromatic carbocycles. The summed E-state index contributed by atoms with van der Waals surface area (Å²) in [5, 5.41) is 0. The van der Waals surface area contributed by atoms with Gasteiger partial charge in [0.1, 0.15) is 11.7 Å². The van der Waals surface area contributed by atoms with E-state index >= 15 is 0 Å². The summed E-state index contributed by atoms with van der Waals surface area (Å²) in [5.41, 5.74) is 8.09. The van der Waals surface area contributed by atoms with Crippen LogP contribution < -0.4 is 9.80 Å². The van der Waals surface area contributed by atoms with Gasteiger partial charge in [-0.25, -0.2) is 4.98 Å². The van der Waals surface area contributed by atoms with Crippen LogP contribution in [0.5, 0.6) is 0 Å². The maximum Gasteiger partial charge on any atom is 0.102 e. The molecule has 0 atom stereocenters. The van der Waals surface area contributed by atoms with E-state index in [4.69, 9.17) is 15.0 Å². The van der Waals surface area contributed by atoms with Crippen LogP contribution in [0.2, 0.25) is 0 Å². The quantitative estimate of drug-likeness (QED) is 0.235. The monoisotopic (exact) mass is 583 g/mol. The lowest BCUT2D eigenvalue weighted by Gasteiger charge is -2.41. The Morgan fingerprint density at radius 1 is 0.455 bits per heavy atom. The molecule has 5 nitrogen and oxygen atoms in total. The third-order valence-corrected chi connectivity index (χ3v) is 10.4. The van der Waals surface area contributed by atoms with Crippen molar-refractivity contribution in [2.45, 2.75) is 91.4 Å².